The average molecular weight is 584 g/mol. The van der Waals surface area contributed by atoms with Crippen LogP contribution in [0.5, 0.6) is 0 Å². The Kier molecular flexibility index (Phi) is 6.88. The van der Waals surface area contributed by atoms with Crippen LogP contribution in [0.1, 0.15) is 0 Å². The quantitative estimate of drug-likeness (QED) is 0.247. The molecule has 6 rings (SSSR count). The van der Waals surface area contributed by atoms with Crippen LogP contribution in [0, 0.1) is 0 Å². The van der Waals surface area contributed by atoms with Crippen molar-refractivity contribution >= 4 is 30.7 Å². The zero-order valence-electron chi connectivity index (χ0n) is 20.1. The molecule has 0 radical (unpaired) electrons. The van der Waals surface area contributed by atoms with Crippen LogP contribution in [0.2, 0.25) is 0 Å². The molecule has 0 amide bonds. The molecule has 3 aromatic heterocycles. The predicted molar refractivity (Wildman–Crippen MR) is 154 cm³/mol. The van der Waals surface area contributed by atoms with Crippen molar-refractivity contribution in [2.75, 3.05) is 0 Å². The summed E-state index contributed by atoms with van der Waals surface area (Å²) < 4.78 is 4.11. The van der Waals surface area contributed by atoms with E-state index in [0.29, 0.717) is 0 Å². The SMILES string of the molecule is c1ccc(-c2cccc[c]2[Sb]([c]2ccccc2-c2ccccn2)[c]2ccccc2-c2ccccn2)nc1. The Morgan fingerprint density at radius 2 is 0.622 bits per heavy atom. The van der Waals surface area contributed by atoms with Gasteiger partial charge in [-0.15, -0.1) is 0 Å². The molecule has 0 aliphatic carbocycles. The number of rotatable bonds is 6. The monoisotopic (exact) mass is 583 g/mol. The minimum absolute atomic E-state index is 0.998. The molecule has 0 atom stereocenters. The van der Waals surface area contributed by atoms with Crippen molar-refractivity contribution in [3.8, 4) is 33.8 Å². The minimum atomic E-state index is -2.69. The summed E-state index contributed by atoms with van der Waals surface area (Å²) in [5, 5.41) is 0. The number of aromatic nitrogens is 3. The van der Waals surface area contributed by atoms with E-state index < -0.39 is 20.2 Å². The van der Waals surface area contributed by atoms with Gasteiger partial charge in [0.05, 0.1) is 0 Å². The summed E-state index contributed by atoms with van der Waals surface area (Å²) >= 11 is -2.69. The number of hydrogen-bond acceptors (Lipinski definition) is 3. The first-order chi connectivity index (χ1) is 18.4. The second-order valence-electron chi connectivity index (χ2n) is 8.53. The van der Waals surface area contributed by atoms with Gasteiger partial charge in [-0.3, -0.25) is 0 Å². The molecule has 0 unspecified atom stereocenters. The second-order valence-corrected chi connectivity index (χ2v) is 14.6. The molecule has 0 saturated carbocycles. The van der Waals surface area contributed by atoms with E-state index in [-0.39, 0.29) is 0 Å². The molecule has 0 fully saturated rings. The van der Waals surface area contributed by atoms with Crippen molar-refractivity contribution in [3.05, 3.63) is 146 Å². The van der Waals surface area contributed by atoms with Gasteiger partial charge in [-0.25, -0.2) is 0 Å². The van der Waals surface area contributed by atoms with Gasteiger partial charge in [0.1, 0.15) is 0 Å². The van der Waals surface area contributed by atoms with Crippen molar-refractivity contribution < 1.29 is 0 Å². The fourth-order valence-corrected chi connectivity index (χ4v) is 12.5. The summed E-state index contributed by atoms with van der Waals surface area (Å²) in [5.74, 6) is 0. The van der Waals surface area contributed by atoms with Crippen molar-refractivity contribution in [3.63, 3.8) is 0 Å². The van der Waals surface area contributed by atoms with Crippen LogP contribution in [0.15, 0.2) is 146 Å². The normalized spacial score (nSPS) is 10.9. The summed E-state index contributed by atoms with van der Waals surface area (Å²) in [5.41, 5.74) is 6.57. The maximum absolute atomic E-state index is 4.75. The van der Waals surface area contributed by atoms with Crippen LogP contribution in [-0.2, 0) is 0 Å². The van der Waals surface area contributed by atoms with E-state index in [9.17, 15) is 0 Å². The Morgan fingerprint density at radius 1 is 0.324 bits per heavy atom. The molecule has 0 spiro atoms. The first-order valence-electron chi connectivity index (χ1n) is 12.2. The van der Waals surface area contributed by atoms with Gasteiger partial charge in [-0.1, -0.05) is 0 Å². The van der Waals surface area contributed by atoms with Crippen molar-refractivity contribution in [1.29, 1.82) is 0 Å². The molecule has 4 heteroatoms. The van der Waals surface area contributed by atoms with Crippen LogP contribution in [0.4, 0.5) is 0 Å². The van der Waals surface area contributed by atoms with E-state index in [2.05, 4.69) is 109 Å². The summed E-state index contributed by atoms with van der Waals surface area (Å²) in [6.07, 6.45) is 5.62. The van der Waals surface area contributed by atoms with Crippen LogP contribution < -0.4 is 10.5 Å². The van der Waals surface area contributed by atoms with E-state index in [0.717, 1.165) is 17.1 Å². The summed E-state index contributed by atoms with van der Waals surface area (Å²) in [7, 11) is 0. The molecular formula is C33H24N3Sb. The average Bonchev–Trinajstić information content (AvgIpc) is 2.99. The summed E-state index contributed by atoms with van der Waals surface area (Å²) in [6.45, 7) is 0. The molecule has 0 N–H and O–H groups in total. The molecule has 0 saturated heterocycles. The zero-order valence-corrected chi connectivity index (χ0v) is 22.7. The van der Waals surface area contributed by atoms with E-state index in [1.807, 2.05) is 36.8 Å². The van der Waals surface area contributed by atoms with Crippen LogP contribution in [-0.4, -0.2) is 35.2 Å². The Morgan fingerprint density at radius 3 is 0.919 bits per heavy atom. The van der Waals surface area contributed by atoms with Crippen molar-refractivity contribution in [1.82, 2.24) is 15.0 Å². The van der Waals surface area contributed by atoms with Gasteiger partial charge in [0, 0.05) is 0 Å². The Labute approximate surface area is 224 Å². The summed E-state index contributed by atoms with van der Waals surface area (Å²) in [6, 6.07) is 44.8. The Hall–Kier alpha value is -4.07. The molecule has 3 heterocycles. The number of pyridine rings is 3. The van der Waals surface area contributed by atoms with Crippen molar-refractivity contribution in [2.24, 2.45) is 0 Å². The first-order valence-corrected chi connectivity index (χ1v) is 16.0. The van der Waals surface area contributed by atoms with Crippen LogP contribution in [0.3, 0.4) is 0 Å². The number of nitrogens with zero attached hydrogens (tertiary/aromatic N) is 3. The number of benzene rings is 3. The molecule has 0 bridgehead atoms. The molecule has 0 aliphatic rings. The molecule has 3 aromatic carbocycles. The second kappa shape index (κ2) is 10.9. The predicted octanol–water partition coefficient (Wildman–Crippen LogP) is 5.39. The molecule has 6 aromatic rings. The Balaban J connectivity index is 1.66. The molecular weight excluding hydrogens is 560 g/mol. The van der Waals surface area contributed by atoms with E-state index in [1.165, 1.54) is 27.2 Å². The van der Waals surface area contributed by atoms with Crippen LogP contribution in [0.25, 0.3) is 33.8 Å². The third kappa shape index (κ3) is 4.83. The maximum atomic E-state index is 4.75. The van der Waals surface area contributed by atoms with Gasteiger partial charge >= 0.3 is 225 Å². The van der Waals surface area contributed by atoms with Gasteiger partial charge in [0.25, 0.3) is 0 Å². The standard InChI is InChI=1S/3C11H8N.Sb/c3*1-2-6-10(7-3-1)11-8-4-5-9-12-11;/h3*1-6,8-9H;. The first kappa shape index (κ1) is 23.3. The summed E-state index contributed by atoms with van der Waals surface area (Å²) in [4.78, 5) is 14.2. The van der Waals surface area contributed by atoms with E-state index >= 15 is 0 Å². The third-order valence-electron chi connectivity index (χ3n) is 6.26. The van der Waals surface area contributed by atoms with Gasteiger partial charge in [0.15, 0.2) is 0 Å². The third-order valence-corrected chi connectivity index (χ3v) is 13.7. The van der Waals surface area contributed by atoms with Crippen LogP contribution >= 0.6 is 0 Å². The Bertz CT molecular complexity index is 1420. The van der Waals surface area contributed by atoms with E-state index in [4.69, 9.17) is 15.0 Å². The fraction of sp³-hybridized carbons (Fsp3) is 0. The van der Waals surface area contributed by atoms with Gasteiger partial charge < -0.3 is 0 Å². The topological polar surface area (TPSA) is 38.7 Å². The molecule has 0 aliphatic heterocycles. The fourth-order valence-electron chi connectivity index (χ4n) is 4.61. The molecule has 3 nitrogen and oxygen atoms in total. The molecule has 37 heavy (non-hydrogen) atoms. The zero-order chi connectivity index (χ0) is 24.9. The van der Waals surface area contributed by atoms with Gasteiger partial charge in [-0.2, -0.15) is 0 Å². The van der Waals surface area contributed by atoms with E-state index in [1.54, 1.807) is 0 Å². The number of hydrogen-bond donors (Lipinski definition) is 0. The van der Waals surface area contributed by atoms with Crippen molar-refractivity contribution in [2.45, 2.75) is 0 Å². The molecule has 176 valence electrons. The van der Waals surface area contributed by atoms with Gasteiger partial charge in [-0.05, 0) is 0 Å². The van der Waals surface area contributed by atoms with Gasteiger partial charge in [0.2, 0.25) is 0 Å².